The van der Waals surface area contributed by atoms with Crippen LogP contribution in [0.25, 0.3) is 6.08 Å². The van der Waals surface area contributed by atoms with Gasteiger partial charge in [-0.25, -0.2) is 4.79 Å². The Hall–Kier alpha value is -4.70. The minimum atomic E-state index is -0.600. The third-order valence-electron chi connectivity index (χ3n) is 6.20. The van der Waals surface area contributed by atoms with Crippen molar-refractivity contribution < 1.29 is 24.0 Å². The number of nitrogens with zero attached hydrogens (tertiary/aromatic N) is 3. The Morgan fingerprint density at radius 3 is 2.36 bits per heavy atom. The van der Waals surface area contributed by atoms with E-state index in [1.807, 2.05) is 23.1 Å². The number of nitrogens with one attached hydrogen (secondary N) is 1. The molecule has 39 heavy (non-hydrogen) atoms. The predicted octanol–water partition coefficient (Wildman–Crippen LogP) is 4.65. The summed E-state index contributed by atoms with van der Waals surface area (Å²) in [6.07, 6.45) is 2.66. The first-order valence-electron chi connectivity index (χ1n) is 12.0. The van der Waals surface area contributed by atoms with Gasteiger partial charge < -0.3 is 19.9 Å². The maximum Gasteiger partial charge on any atom is 0.337 e. The largest absolute Gasteiger partial charge is 0.465 e. The lowest BCUT2D eigenvalue weighted by molar-refractivity contribution is -0.384. The number of carbonyl (C=O) groups excluding carboxylic acids is 3. The molecule has 0 bridgehead atoms. The molecule has 0 atom stereocenters. The number of anilines is 2. The summed E-state index contributed by atoms with van der Waals surface area (Å²) < 4.78 is 4.82. The average Bonchev–Trinajstić information content (AvgIpc) is 2.96. The van der Waals surface area contributed by atoms with E-state index in [0.717, 1.165) is 0 Å². The van der Waals surface area contributed by atoms with Gasteiger partial charge in [0.25, 0.3) is 11.6 Å². The average molecular weight is 549 g/mol. The molecule has 0 spiro atoms. The number of carbonyl (C=O) groups is 3. The van der Waals surface area contributed by atoms with Crippen molar-refractivity contribution in [3.8, 4) is 0 Å². The highest BCUT2D eigenvalue weighted by molar-refractivity contribution is 6.32. The summed E-state index contributed by atoms with van der Waals surface area (Å²) in [4.78, 5) is 52.1. The molecular weight excluding hydrogens is 524 g/mol. The Balaban J connectivity index is 1.51. The van der Waals surface area contributed by atoms with Gasteiger partial charge in [0.2, 0.25) is 5.91 Å². The van der Waals surface area contributed by atoms with Crippen molar-refractivity contribution in [1.29, 1.82) is 0 Å². The maximum absolute atomic E-state index is 12.8. The van der Waals surface area contributed by atoms with Crippen LogP contribution < -0.4 is 10.2 Å². The van der Waals surface area contributed by atoms with Gasteiger partial charge in [0.05, 0.1) is 29.0 Å². The van der Waals surface area contributed by atoms with Crippen LogP contribution in [-0.4, -0.2) is 60.9 Å². The van der Waals surface area contributed by atoms with Gasteiger partial charge in [0, 0.05) is 43.9 Å². The van der Waals surface area contributed by atoms with E-state index in [9.17, 15) is 24.5 Å². The molecule has 1 saturated heterocycles. The number of piperazine rings is 1. The smallest absolute Gasteiger partial charge is 0.337 e. The summed E-state index contributed by atoms with van der Waals surface area (Å²) in [6.45, 7) is 2.00. The number of nitro benzene ring substituents is 1. The SMILES string of the molecule is COC(=O)c1ccc(N2CCN(C(=O)c3ccccc3)CC2)c(NC(=O)C=Cc2ccc(Cl)c([N+](=O)[O-])c2)c1. The van der Waals surface area contributed by atoms with Gasteiger partial charge in [0.15, 0.2) is 0 Å². The Morgan fingerprint density at radius 2 is 1.69 bits per heavy atom. The number of esters is 1. The van der Waals surface area contributed by atoms with Gasteiger partial charge in [-0.1, -0.05) is 35.9 Å². The molecule has 3 aromatic carbocycles. The van der Waals surface area contributed by atoms with Crippen LogP contribution in [-0.2, 0) is 9.53 Å². The van der Waals surface area contributed by atoms with Crippen molar-refractivity contribution in [2.75, 3.05) is 43.5 Å². The molecule has 0 unspecified atom stereocenters. The first kappa shape index (κ1) is 27.3. The first-order chi connectivity index (χ1) is 18.8. The molecule has 0 aliphatic carbocycles. The van der Waals surface area contributed by atoms with E-state index in [2.05, 4.69) is 5.32 Å². The van der Waals surface area contributed by atoms with E-state index in [1.165, 1.54) is 37.5 Å². The monoisotopic (exact) mass is 548 g/mol. The fraction of sp³-hybridized carbons (Fsp3) is 0.179. The van der Waals surface area contributed by atoms with E-state index in [0.29, 0.717) is 48.7 Å². The molecule has 10 nitrogen and oxygen atoms in total. The van der Waals surface area contributed by atoms with Gasteiger partial charge in [-0.2, -0.15) is 0 Å². The van der Waals surface area contributed by atoms with Crippen LogP contribution in [0, 0.1) is 10.1 Å². The Labute approximate surface area is 229 Å². The van der Waals surface area contributed by atoms with Crippen molar-refractivity contribution in [2.45, 2.75) is 0 Å². The lowest BCUT2D eigenvalue weighted by Crippen LogP contribution is -2.49. The zero-order valence-corrected chi connectivity index (χ0v) is 21.8. The zero-order chi connectivity index (χ0) is 27.9. The molecule has 1 N–H and O–H groups in total. The zero-order valence-electron chi connectivity index (χ0n) is 21.0. The third-order valence-corrected chi connectivity index (χ3v) is 6.52. The lowest BCUT2D eigenvalue weighted by atomic mass is 10.1. The van der Waals surface area contributed by atoms with Crippen LogP contribution in [0.2, 0.25) is 5.02 Å². The molecule has 4 rings (SSSR count). The highest BCUT2D eigenvalue weighted by Crippen LogP contribution is 2.30. The van der Waals surface area contributed by atoms with Crippen LogP contribution in [0.5, 0.6) is 0 Å². The summed E-state index contributed by atoms with van der Waals surface area (Å²) in [5.41, 5.74) is 2.10. The molecule has 0 aromatic heterocycles. The van der Waals surface area contributed by atoms with Crippen LogP contribution in [0.4, 0.5) is 17.1 Å². The number of halogens is 1. The fourth-order valence-corrected chi connectivity index (χ4v) is 4.38. The predicted molar refractivity (Wildman–Crippen MR) is 148 cm³/mol. The standard InChI is InChI=1S/C28H25ClN4O6/c1-39-28(36)21-9-11-24(31-13-15-32(16-14-31)27(35)20-5-3-2-4-6-20)23(18-21)30-26(34)12-8-19-7-10-22(29)25(17-19)33(37)38/h2-12,17-18H,13-16H2,1H3,(H,30,34). The minimum Gasteiger partial charge on any atom is -0.465 e. The van der Waals surface area contributed by atoms with Gasteiger partial charge in [-0.05, 0) is 48.0 Å². The Kier molecular flexibility index (Phi) is 8.57. The molecule has 1 heterocycles. The Morgan fingerprint density at radius 1 is 0.974 bits per heavy atom. The number of benzene rings is 3. The highest BCUT2D eigenvalue weighted by atomic mass is 35.5. The molecule has 200 valence electrons. The van der Waals surface area contributed by atoms with Crippen LogP contribution in [0.1, 0.15) is 26.3 Å². The summed E-state index contributed by atoms with van der Waals surface area (Å²) in [5, 5.41) is 13.9. The fourth-order valence-electron chi connectivity index (χ4n) is 4.19. The number of methoxy groups -OCH3 is 1. The molecule has 1 aliphatic rings. The number of hydrogen-bond donors (Lipinski definition) is 1. The van der Waals surface area contributed by atoms with Gasteiger partial charge in [-0.15, -0.1) is 0 Å². The molecule has 2 amide bonds. The third kappa shape index (κ3) is 6.60. The van der Waals surface area contributed by atoms with Crippen LogP contribution >= 0.6 is 11.6 Å². The van der Waals surface area contributed by atoms with Gasteiger partial charge in [-0.3, -0.25) is 19.7 Å². The van der Waals surface area contributed by atoms with Crippen molar-refractivity contribution >= 4 is 52.5 Å². The van der Waals surface area contributed by atoms with Crippen molar-refractivity contribution in [3.63, 3.8) is 0 Å². The van der Waals surface area contributed by atoms with Gasteiger partial charge >= 0.3 is 5.97 Å². The minimum absolute atomic E-state index is 0.00330. The Bertz CT molecular complexity index is 1440. The number of hydrogen-bond acceptors (Lipinski definition) is 7. The van der Waals surface area contributed by atoms with E-state index < -0.39 is 16.8 Å². The van der Waals surface area contributed by atoms with Crippen molar-refractivity contribution in [2.24, 2.45) is 0 Å². The molecule has 11 heteroatoms. The molecule has 0 radical (unpaired) electrons. The number of ether oxygens (including phenoxy) is 1. The summed E-state index contributed by atoms with van der Waals surface area (Å²) in [7, 11) is 1.27. The second-order valence-corrected chi connectivity index (χ2v) is 9.07. The molecule has 3 aromatic rings. The van der Waals surface area contributed by atoms with E-state index in [1.54, 1.807) is 35.2 Å². The quantitative estimate of drug-likeness (QED) is 0.197. The van der Waals surface area contributed by atoms with Crippen LogP contribution in [0.15, 0.2) is 72.8 Å². The number of rotatable bonds is 7. The molecule has 1 aliphatic heterocycles. The lowest BCUT2D eigenvalue weighted by Gasteiger charge is -2.37. The van der Waals surface area contributed by atoms with E-state index in [-0.39, 0.29) is 22.2 Å². The summed E-state index contributed by atoms with van der Waals surface area (Å²) >= 11 is 5.85. The number of amides is 2. The second-order valence-electron chi connectivity index (χ2n) is 8.66. The van der Waals surface area contributed by atoms with E-state index in [4.69, 9.17) is 16.3 Å². The first-order valence-corrected chi connectivity index (χ1v) is 12.4. The summed E-state index contributed by atoms with van der Waals surface area (Å²) in [5.74, 6) is -1.11. The normalized spacial score (nSPS) is 13.3. The topological polar surface area (TPSA) is 122 Å². The molecule has 0 saturated carbocycles. The highest BCUT2D eigenvalue weighted by Gasteiger charge is 2.24. The number of nitro groups is 1. The molecular formula is C28H25ClN4O6. The van der Waals surface area contributed by atoms with Crippen molar-refractivity contribution in [1.82, 2.24) is 4.90 Å². The molecule has 1 fully saturated rings. The van der Waals surface area contributed by atoms with E-state index >= 15 is 0 Å². The second kappa shape index (κ2) is 12.2. The van der Waals surface area contributed by atoms with Crippen molar-refractivity contribution in [3.05, 3.63) is 105 Å². The van der Waals surface area contributed by atoms with Crippen LogP contribution in [0.3, 0.4) is 0 Å². The summed E-state index contributed by atoms with van der Waals surface area (Å²) in [6, 6.07) is 18.1. The van der Waals surface area contributed by atoms with Gasteiger partial charge in [0.1, 0.15) is 5.02 Å². The maximum atomic E-state index is 12.8.